The second-order valence-electron chi connectivity index (χ2n) is 1.57. The Morgan fingerprint density at radius 1 is 1.18 bits per heavy atom. The first-order valence-electron chi connectivity index (χ1n) is 3.67. The SMILES string of the molecule is CC.FCSc1ccccc1. The largest absolute Gasteiger partial charge is 0.239 e. The topological polar surface area (TPSA) is 0 Å². The second kappa shape index (κ2) is 7.61. The molecule has 2 heteroatoms. The molecule has 0 aliphatic heterocycles. The van der Waals surface area contributed by atoms with Crippen LogP contribution in [0.4, 0.5) is 4.39 Å². The molecule has 0 bridgehead atoms. The van der Waals surface area contributed by atoms with Crippen LogP contribution in [0.3, 0.4) is 0 Å². The highest BCUT2D eigenvalue weighted by atomic mass is 32.2. The van der Waals surface area contributed by atoms with Gasteiger partial charge in [-0.2, -0.15) is 0 Å². The van der Waals surface area contributed by atoms with E-state index in [1.165, 1.54) is 11.8 Å². The minimum atomic E-state index is -0.343. The predicted molar refractivity (Wildman–Crippen MR) is 49.6 cm³/mol. The lowest BCUT2D eigenvalue weighted by atomic mass is 10.4. The first-order valence-corrected chi connectivity index (χ1v) is 4.66. The van der Waals surface area contributed by atoms with Gasteiger partial charge in [0.15, 0.2) is 0 Å². The van der Waals surface area contributed by atoms with Gasteiger partial charge in [0, 0.05) is 4.90 Å². The third-order valence-corrected chi connectivity index (χ3v) is 1.68. The van der Waals surface area contributed by atoms with Gasteiger partial charge < -0.3 is 0 Å². The number of thioether (sulfide) groups is 1. The molecule has 0 atom stereocenters. The third-order valence-electron chi connectivity index (χ3n) is 0.964. The summed E-state index contributed by atoms with van der Waals surface area (Å²) in [7, 11) is 0. The van der Waals surface area contributed by atoms with E-state index in [1.54, 1.807) is 0 Å². The number of hydrogen-bond acceptors (Lipinski definition) is 1. The first-order chi connectivity index (χ1) is 5.43. The molecular weight excluding hydrogens is 159 g/mol. The Morgan fingerprint density at radius 3 is 2.18 bits per heavy atom. The Labute approximate surface area is 71.8 Å². The van der Waals surface area contributed by atoms with Gasteiger partial charge in [-0.3, -0.25) is 0 Å². The van der Waals surface area contributed by atoms with Gasteiger partial charge in [0.1, 0.15) is 6.01 Å². The second-order valence-corrected chi connectivity index (χ2v) is 2.54. The van der Waals surface area contributed by atoms with Crippen molar-refractivity contribution in [1.82, 2.24) is 0 Å². The first kappa shape index (κ1) is 10.5. The van der Waals surface area contributed by atoms with E-state index in [2.05, 4.69) is 0 Å². The number of halogens is 1. The molecule has 0 nitrogen and oxygen atoms in total. The van der Waals surface area contributed by atoms with Gasteiger partial charge in [0.25, 0.3) is 0 Å². The Bertz CT molecular complexity index is 162. The Kier molecular flexibility index (Phi) is 7.26. The van der Waals surface area contributed by atoms with Crippen molar-refractivity contribution in [2.24, 2.45) is 0 Å². The monoisotopic (exact) mass is 172 g/mol. The van der Waals surface area contributed by atoms with E-state index < -0.39 is 0 Å². The molecule has 0 aliphatic carbocycles. The predicted octanol–water partition coefficient (Wildman–Crippen LogP) is 3.73. The van der Waals surface area contributed by atoms with Gasteiger partial charge in [-0.05, 0) is 12.1 Å². The highest BCUT2D eigenvalue weighted by Gasteiger charge is 1.86. The van der Waals surface area contributed by atoms with Crippen LogP contribution >= 0.6 is 11.8 Å². The average Bonchev–Trinajstić information content (AvgIpc) is 2.11. The minimum Gasteiger partial charge on any atom is -0.239 e. The lowest BCUT2D eigenvalue weighted by Crippen LogP contribution is -1.67. The molecule has 1 rings (SSSR count). The standard InChI is InChI=1S/C7H7FS.C2H6/c8-6-9-7-4-2-1-3-5-7;1-2/h1-5H,6H2;1-2H3. The maximum atomic E-state index is 11.6. The van der Waals surface area contributed by atoms with Crippen molar-refractivity contribution in [3.63, 3.8) is 0 Å². The molecular formula is C9H13FS. The number of hydrogen-bond donors (Lipinski definition) is 0. The summed E-state index contributed by atoms with van der Waals surface area (Å²) in [6.45, 7) is 4.00. The van der Waals surface area contributed by atoms with E-state index in [9.17, 15) is 4.39 Å². The van der Waals surface area contributed by atoms with Crippen LogP contribution in [0, 0.1) is 0 Å². The molecule has 11 heavy (non-hydrogen) atoms. The Hall–Kier alpha value is -0.500. The van der Waals surface area contributed by atoms with Crippen molar-refractivity contribution < 1.29 is 4.39 Å². The van der Waals surface area contributed by atoms with Crippen LogP contribution < -0.4 is 0 Å². The molecule has 0 fully saturated rings. The molecule has 0 spiro atoms. The molecule has 1 aromatic rings. The van der Waals surface area contributed by atoms with Gasteiger partial charge in [0.05, 0.1) is 0 Å². The number of alkyl halides is 1. The molecule has 0 saturated carbocycles. The van der Waals surface area contributed by atoms with E-state index in [0.717, 1.165) is 4.90 Å². The van der Waals surface area contributed by atoms with Crippen molar-refractivity contribution in [3.8, 4) is 0 Å². The van der Waals surface area contributed by atoms with Gasteiger partial charge in [-0.15, -0.1) is 0 Å². The summed E-state index contributed by atoms with van der Waals surface area (Å²) in [6.07, 6.45) is 0. The van der Waals surface area contributed by atoms with Crippen molar-refractivity contribution in [3.05, 3.63) is 30.3 Å². The molecule has 1 aromatic carbocycles. The zero-order valence-electron chi connectivity index (χ0n) is 6.88. The van der Waals surface area contributed by atoms with Gasteiger partial charge in [-0.25, -0.2) is 4.39 Å². The fourth-order valence-corrected chi connectivity index (χ4v) is 1.06. The lowest BCUT2D eigenvalue weighted by molar-refractivity contribution is 0.605. The van der Waals surface area contributed by atoms with Crippen molar-refractivity contribution in [1.29, 1.82) is 0 Å². The zero-order chi connectivity index (χ0) is 8.53. The fourth-order valence-electron chi connectivity index (χ4n) is 0.580. The summed E-state index contributed by atoms with van der Waals surface area (Å²) in [6, 6.07) is 9.16. The third kappa shape index (κ3) is 4.85. The van der Waals surface area contributed by atoms with Crippen molar-refractivity contribution >= 4 is 11.8 Å². The smallest absolute Gasteiger partial charge is 0.139 e. The molecule has 0 amide bonds. The summed E-state index contributed by atoms with van der Waals surface area (Å²) in [5.41, 5.74) is 0. The normalized spacial score (nSPS) is 8.27. The van der Waals surface area contributed by atoms with Crippen LogP contribution in [0.2, 0.25) is 0 Å². The summed E-state index contributed by atoms with van der Waals surface area (Å²) in [5.74, 6) is 0. The zero-order valence-corrected chi connectivity index (χ0v) is 7.70. The molecule has 0 radical (unpaired) electrons. The Balaban J connectivity index is 0.000000461. The Morgan fingerprint density at radius 2 is 1.73 bits per heavy atom. The van der Waals surface area contributed by atoms with E-state index in [1.807, 2.05) is 44.2 Å². The fraction of sp³-hybridized carbons (Fsp3) is 0.333. The van der Waals surface area contributed by atoms with Crippen LogP contribution in [-0.4, -0.2) is 6.01 Å². The molecule has 62 valence electrons. The average molecular weight is 172 g/mol. The van der Waals surface area contributed by atoms with Crippen LogP contribution in [0.5, 0.6) is 0 Å². The van der Waals surface area contributed by atoms with Gasteiger partial charge in [0.2, 0.25) is 0 Å². The summed E-state index contributed by atoms with van der Waals surface area (Å²) < 4.78 is 11.6. The highest BCUT2D eigenvalue weighted by molar-refractivity contribution is 7.99. The molecule has 0 N–H and O–H groups in total. The molecule has 0 aromatic heterocycles. The summed E-state index contributed by atoms with van der Waals surface area (Å²) in [5, 5.41) is 0. The van der Waals surface area contributed by atoms with Crippen molar-refractivity contribution in [2.45, 2.75) is 18.7 Å². The van der Waals surface area contributed by atoms with E-state index >= 15 is 0 Å². The van der Waals surface area contributed by atoms with Crippen LogP contribution in [0.25, 0.3) is 0 Å². The maximum Gasteiger partial charge on any atom is 0.139 e. The molecule has 0 heterocycles. The van der Waals surface area contributed by atoms with E-state index in [4.69, 9.17) is 0 Å². The molecule has 0 aliphatic rings. The minimum absolute atomic E-state index is 0.343. The van der Waals surface area contributed by atoms with E-state index in [0.29, 0.717) is 0 Å². The highest BCUT2D eigenvalue weighted by Crippen LogP contribution is 2.15. The quantitative estimate of drug-likeness (QED) is 0.612. The number of benzene rings is 1. The molecule has 0 unspecified atom stereocenters. The van der Waals surface area contributed by atoms with Crippen molar-refractivity contribution in [2.75, 3.05) is 6.01 Å². The lowest BCUT2D eigenvalue weighted by Gasteiger charge is -1.91. The van der Waals surface area contributed by atoms with Crippen LogP contribution in [0.1, 0.15) is 13.8 Å². The van der Waals surface area contributed by atoms with Gasteiger partial charge in [-0.1, -0.05) is 43.8 Å². The van der Waals surface area contributed by atoms with Crippen LogP contribution in [-0.2, 0) is 0 Å². The van der Waals surface area contributed by atoms with Gasteiger partial charge >= 0.3 is 0 Å². The maximum absolute atomic E-state index is 11.6. The van der Waals surface area contributed by atoms with E-state index in [-0.39, 0.29) is 6.01 Å². The van der Waals surface area contributed by atoms with Crippen LogP contribution in [0.15, 0.2) is 35.2 Å². The number of rotatable bonds is 2. The molecule has 0 saturated heterocycles. The summed E-state index contributed by atoms with van der Waals surface area (Å²) in [4.78, 5) is 0.986. The summed E-state index contributed by atoms with van der Waals surface area (Å²) >= 11 is 1.21.